The molecule has 2 fully saturated rings. The average molecular weight is 225 g/mol. The zero-order chi connectivity index (χ0) is 12.0. The topological polar surface area (TPSA) is 52.3 Å². The Labute approximate surface area is 97.7 Å². The summed E-state index contributed by atoms with van der Waals surface area (Å²) in [4.78, 5) is 12.0. The van der Waals surface area contributed by atoms with Gasteiger partial charge in [-0.25, -0.2) is 0 Å². The molecule has 2 rings (SSSR count). The van der Waals surface area contributed by atoms with Crippen LogP contribution in [0.15, 0.2) is 0 Å². The van der Waals surface area contributed by atoms with Gasteiger partial charge in [0.2, 0.25) is 0 Å². The summed E-state index contributed by atoms with van der Waals surface area (Å²) in [6.45, 7) is 5.67. The molecule has 2 N–H and O–H groups in total. The number of nitrogens with two attached hydrogens (primary N) is 1. The zero-order valence-electron chi connectivity index (χ0n) is 10.6. The monoisotopic (exact) mass is 225 g/mol. The van der Waals surface area contributed by atoms with Crippen LogP contribution in [-0.2, 0) is 9.53 Å². The van der Waals surface area contributed by atoms with E-state index in [1.165, 1.54) is 12.8 Å². The van der Waals surface area contributed by atoms with Crippen molar-refractivity contribution in [2.24, 2.45) is 11.1 Å². The molecule has 0 aromatic heterocycles. The molecule has 3 heteroatoms. The smallest absolute Gasteiger partial charge is 0.326 e. The average Bonchev–Trinajstić information content (AvgIpc) is 2.89. The van der Waals surface area contributed by atoms with Crippen molar-refractivity contribution >= 4 is 5.97 Å². The van der Waals surface area contributed by atoms with E-state index in [9.17, 15) is 4.79 Å². The molecule has 2 saturated carbocycles. The van der Waals surface area contributed by atoms with Crippen molar-refractivity contribution in [3.8, 4) is 0 Å². The van der Waals surface area contributed by atoms with Gasteiger partial charge in [0.25, 0.3) is 0 Å². The third-order valence-corrected chi connectivity index (χ3v) is 3.97. The molecule has 1 spiro atoms. The van der Waals surface area contributed by atoms with Gasteiger partial charge in [-0.3, -0.25) is 4.79 Å². The second-order valence-corrected chi connectivity index (χ2v) is 6.66. The van der Waals surface area contributed by atoms with Crippen molar-refractivity contribution in [3.63, 3.8) is 0 Å². The third kappa shape index (κ3) is 2.40. The molecule has 2 aliphatic carbocycles. The van der Waals surface area contributed by atoms with Crippen LogP contribution >= 0.6 is 0 Å². The van der Waals surface area contributed by atoms with Crippen LogP contribution in [0.4, 0.5) is 0 Å². The van der Waals surface area contributed by atoms with Gasteiger partial charge in [-0.1, -0.05) is 0 Å². The molecule has 0 aliphatic heterocycles. The maximum absolute atomic E-state index is 12.0. The minimum absolute atomic E-state index is 0.212. The number of rotatable bonds is 1. The van der Waals surface area contributed by atoms with Gasteiger partial charge in [0, 0.05) is 0 Å². The van der Waals surface area contributed by atoms with Crippen LogP contribution in [0, 0.1) is 5.41 Å². The molecular formula is C13H23NO2. The highest BCUT2D eigenvalue weighted by atomic mass is 16.6. The first-order valence-electron chi connectivity index (χ1n) is 6.27. The van der Waals surface area contributed by atoms with Gasteiger partial charge in [-0.05, 0) is 64.7 Å². The molecule has 2 aliphatic rings. The van der Waals surface area contributed by atoms with Crippen molar-refractivity contribution in [2.45, 2.75) is 70.4 Å². The fourth-order valence-corrected chi connectivity index (χ4v) is 2.49. The predicted molar refractivity (Wildman–Crippen MR) is 62.9 cm³/mol. The number of esters is 1. The van der Waals surface area contributed by atoms with Crippen molar-refractivity contribution in [1.29, 1.82) is 0 Å². The van der Waals surface area contributed by atoms with Crippen molar-refractivity contribution in [2.75, 3.05) is 0 Å². The van der Waals surface area contributed by atoms with Crippen LogP contribution < -0.4 is 5.73 Å². The quantitative estimate of drug-likeness (QED) is 0.697. The summed E-state index contributed by atoms with van der Waals surface area (Å²) in [5, 5.41) is 0. The summed E-state index contributed by atoms with van der Waals surface area (Å²) in [5.74, 6) is -0.212. The Morgan fingerprint density at radius 1 is 1.06 bits per heavy atom. The maximum Gasteiger partial charge on any atom is 0.326 e. The van der Waals surface area contributed by atoms with Crippen molar-refractivity contribution < 1.29 is 9.53 Å². The van der Waals surface area contributed by atoms with Gasteiger partial charge in [0.05, 0.1) is 0 Å². The predicted octanol–water partition coefficient (Wildman–Crippen LogP) is 2.38. The van der Waals surface area contributed by atoms with Crippen molar-refractivity contribution in [1.82, 2.24) is 0 Å². The largest absolute Gasteiger partial charge is 0.459 e. The Morgan fingerprint density at radius 3 is 1.88 bits per heavy atom. The Kier molecular flexibility index (Phi) is 2.57. The Morgan fingerprint density at radius 2 is 1.50 bits per heavy atom. The first-order valence-corrected chi connectivity index (χ1v) is 6.27. The molecule has 92 valence electrons. The van der Waals surface area contributed by atoms with E-state index in [-0.39, 0.29) is 5.97 Å². The van der Waals surface area contributed by atoms with Crippen LogP contribution in [0.5, 0.6) is 0 Å². The lowest BCUT2D eigenvalue weighted by atomic mass is 9.75. The normalized spacial score (nSPS) is 26.5. The highest BCUT2D eigenvalue weighted by Gasteiger charge is 2.51. The van der Waals surface area contributed by atoms with Gasteiger partial charge in [0.15, 0.2) is 0 Å². The zero-order valence-corrected chi connectivity index (χ0v) is 10.6. The Balaban J connectivity index is 1.95. The van der Waals surface area contributed by atoms with Gasteiger partial charge in [-0.2, -0.15) is 0 Å². The molecule has 0 heterocycles. The Bertz CT molecular complexity index is 290. The molecule has 0 unspecified atom stereocenters. The van der Waals surface area contributed by atoms with E-state index >= 15 is 0 Å². The van der Waals surface area contributed by atoms with Gasteiger partial charge in [-0.15, -0.1) is 0 Å². The molecule has 0 radical (unpaired) electrons. The van der Waals surface area contributed by atoms with E-state index in [0.717, 1.165) is 25.7 Å². The molecule has 0 bridgehead atoms. The Hall–Kier alpha value is -0.570. The minimum Gasteiger partial charge on any atom is -0.459 e. The lowest BCUT2D eigenvalue weighted by Crippen LogP contribution is -2.53. The summed E-state index contributed by atoms with van der Waals surface area (Å²) in [6, 6.07) is 0. The number of ether oxygens (including phenoxy) is 1. The first-order chi connectivity index (χ1) is 7.25. The SMILES string of the molecule is CC(C)(C)OC(=O)C1(N)CCC2(CC2)CC1. The molecule has 0 saturated heterocycles. The standard InChI is InChI=1S/C13H23NO2/c1-11(2,3)16-10(15)13(14)8-6-12(4-5-12)7-9-13/h4-9,14H2,1-3H3. The van der Waals surface area contributed by atoms with Gasteiger partial charge in [0.1, 0.15) is 11.1 Å². The lowest BCUT2D eigenvalue weighted by Gasteiger charge is -2.37. The van der Waals surface area contributed by atoms with Gasteiger partial charge >= 0.3 is 5.97 Å². The highest BCUT2D eigenvalue weighted by Crippen LogP contribution is 2.57. The number of carbonyl (C=O) groups is 1. The van der Waals surface area contributed by atoms with Crippen LogP contribution in [0.2, 0.25) is 0 Å². The van der Waals surface area contributed by atoms with E-state index in [1.54, 1.807) is 0 Å². The molecule has 0 aromatic rings. The number of hydrogen-bond acceptors (Lipinski definition) is 3. The van der Waals surface area contributed by atoms with E-state index < -0.39 is 11.1 Å². The fourth-order valence-electron chi connectivity index (χ4n) is 2.49. The van der Waals surface area contributed by atoms with Crippen LogP contribution in [0.1, 0.15) is 59.3 Å². The third-order valence-electron chi connectivity index (χ3n) is 3.97. The number of hydrogen-bond donors (Lipinski definition) is 1. The minimum atomic E-state index is -0.721. The first kappa shape index (κ1) is 11.9. The van der Waals surface area contributed by atoms with Gasteiger partial charge < -0.3 is 10.5 Å². The summed E-state index contributed by atoms with van der Waals surface area (Å²) in [6.07, 6.45) is 6.45. The van der Waals surface area contributed by atoms with E-state index in [4.69, 9.17) is 10.5 Å². The second-order valence-electron chi connectivity index (χ2n) is 6.66. The molecule has 0 aromatic carbocycles. The number of carbonyl (C=O) groups excluding carboxylic acids is 1. The summed E-state index contributed by atoms with van der Waals surface area (Å²) >= 11 is 0. The fraction of sp³-hybridized carbons (Fsp3) is 0.923. The summed E-state index contributed by atoms with van der Waals surface area (Å²) in [7, 11) is 0. The molecule has 16 heavy (non-hydrogen) atoms. The summed E-state index contributed by atoms with van der Waals surface area (Å²) < 4.78 is 5.40. The lowest BCUT2D eigenvalue weighted by molar-refractivity contribution is -0.163. The van der Waals surface area contributed by atoms with E-state index in [2.05, 4.69) is 0 Å². The van der Waals surface area contributed by atoms with Crippen LogP contribution in [-0.4, -0.2) is 17.1 Å². The van der Waals surface area contributed by atoms with Crippen molar-refractivity contribution in [3.05, 3.63) is 0 Å². The van der Waals surface area contributed by atoms with E-state index in [0.29, 0.717) is 5.41 Å². The molecule has 0 atom stereocenters. The second kappa shape index (κ2) is 3.46. The van der Waals surface area contributed by atoms with Crippen LogP contribution in [0.3, 0.4) is 0 Å². The maximum atomic E-state index is 12.0. The van der Waals surface area contributed by atoms with E-state index in [1.807, 2.05) is 20.8 Å². The molecule has 0 amide bonds. The molecule has 3 nitrogen and oxygen atoms in total. The summed E-state index contributed by atoms with van der Waals surface area (Å²) in [5.41, 5.74) is 5.59. The highest BCUT2D eigenvalue weighted by molar-refractivity contribution is 5.81. The molecular weight excluding hydrogens is 202 g/mol. The van der Waals surface area contributed by atoms with Crippen LogP contribution in [0.25, 0.3) is 0 Å².